The molecule has 0 bridgehead atoms. The molecule has 1 aliphatic heterocycles. The second-order valence-corrected chi connectivity index (χ2v) is 6.27. The Kier molecular flexibility index (Phi) is 5.16. The number of nitrogens with zero attached hydrogens (tertiary/aromatic N) is 1. The van der Waals surface area contributed by atoms with Crippen LogP contribution in [0.2, 0.25) is 0 Å². The van der Waals surface area contributed by atoms with Gasteiger partial charge in [0.15, 0.2) is 0 Å². The first kappa shape index (κ1) is 16.5. The Hall–Kier alpha value is -2.33. The minimum Gasteiger partial charge on any atom is -0.393 e. The normalized spacial score (nSPS) is 15.3. The second kappa shape index (κ2) is 7.49. The fourth-order valence-electron chi connectivity index (χ4n) is 3.02. The van der Waals surface area contributed by atoms with Gasteiger partial charge < -0.3 is 15.3 Å². The number of carbonyl (C=O) groups is 1. The van der Waals surface area contributed by atoms with Gasteiger partial charge in [-0.1, -0.05) is 19.1 Å². The summed E-state index contributed by atoms with van der Waals surface area (Å²) >= 11 is 0. The molecule has 1 amide bonds. The Morgan fingerprint density at radius 2 is 1.88 bits per heavy atom. The van der Waals surface area contributed by atoms with Crippen molar-refractivity contribution < 1.29 is 9.90 Å². The number of amides is 1. The maximum absolute atomic E-state index is 12.4. The standard InChI is InChI=1S/C20H24N2O2/c1-2-15-4-3-5-17(14-15)21-20(24)16-6-8-18(9-7-16)22-12-10-19(23)11-13-22/h3-9,14,19,23H,2,10-13H2,1H3,(H,21,24). The van der Waals surface area contributed by atoms with Crippen molar-refractivity contribution in [3.8, 4) is 0 Å². The number of rotatable bonds is 4. The lowest BCUT2D eigenvalue weighted by Gasteiger charge is -2.31. The van der Waals surface area contributed by atoms with E-state index >= 15 is 0 Å². The molecule has 0 aromatic heterocycles. The largest absolute Gasteiger partial charge is 0.393 e. The van der Waals surface area contributed by atoms with Gasteiger partial charge in [-0.05, 0) is 61.2 Å². The van der Waals surface area contributed by atoms with Gasteiger partial charge in [-0.15, -0.1) is 0 Å². The van der Waals surface area contributed by atoms with Crippen LogP contribution in [0.25, 0.3) is 0 Å². The van der Waals surface area contributed by atoms with Crippen molar-refractivity contribution in [2.45, 2.75) is 32.3 Å². The summed E-state index contributed by atoms with van der Waals surface area (Å²) in [6.45, 7) is 3.81. The Bertz CT molecular complexity index is 689. The number of aliphatic hydroxyl groups excluding tert-OH is 1. The van der Waals surface area contributed by atoms with E-state index in [-0.39, 0.29) is 12.0 Å². The Labute approximate surface area is 143 Å². The van der Waals surface area contributed by atoms with Crippen LogP contribution in [0.4, 0.5) is 11.4 Å². The molecule has 0 unspecified atom stereocenters. The molecular weight excluding hydrogens is 300 g/mol. The average molecular weight is 324 g/mol. The van der Waals surface area contributed by atoms with Crippen molar-refractivity contribution in [1.29, 1.82) is 0 Å². The molecule has 1 aliphatic rings. The van der Waals surface area contributed by atoms with E-state index < -0.39 is 0 Å². The number of piperidine rings is 1. The first-order valence-corrected chi connectivity index (χ1v) is 8.59. The third-order valence-corrected chi connectivity index (χ3v) is 4.55. The van der Waals surface area contributed by atoms with Crippen LogP contribution in [-0.4, -0.2) is 30.2 Å². The third-order valence-electron chi connectivity index (χ3n) is 4.55. The van der Waals surface area contributed by atoms with Crippen molar-refractivity contribution >= 4 is 17.3 Å². The van der Waals surface area contributed by atoms with Crippen molar-refractivity contribution in [3.05, 3.63) is 59.7 Å². The van der Waals surface area contributed by atoms with Crippen LogP contribution in [0.15, 0.2) is 48.5 Å². The first-order valence-electron chi connectivity index (χ1n) is 8.59. The van der Waals surface area contributed by atoms with Gasteiger partial charge in [0, 0.05) is 30.0 Å². The summed E-state index contributed by atoms with van der Waals surface area (Å²) in [5, 5.41) is 12.5. The van der Waals surface area contributed by atoms with E-state index in [4.69, 9.17) is 0 Å². The predicted molar refractivity (Wildman–Crippen MR) is 97.7 cm³/mol. The van der Waals surface area contributed by atoms with Gasteiger partial charge in [-0.3, -0.25) is 4.79 Å². The molecule has 0 radical (unpaired) electrons. The minimum atomic E-state index is -0.176. The summed E-state index contributed by atoms with van der Waals surface area (Å²) in [6, 6.07) is 15.6. The van der Waals surface area contributed by atoms with Gasteiger partial charge in [-0.2, -0.15) is 0 Å². The molecule has 1 heterocycles. The molecule has 0 spiro atoms. The van der Waals surface area contributed by atoms with Crippen molar-refractivity contribution in [2.75, 3.05) is 23.3 Å². The molecule has 126 valence electrons. The highest BCUT2D eigenvalue weighted by Crippen LogP contribution is 2.21. The number of nitrogens with one attached hydrogen (secondary N) is 1. The molecule has 1 fully saturated rings. The molecular formula is C20H24N2O2. The van der Waals surface area contributed by atoms with Gasteiger partial charge in [0.2, 0.25) is 0 Å². The number of aryl methyl sites for hydroxylation is 1. The van der Waals surface area contributed by atoms with E-state index in [0.717, 1.165) is 43.7 Å². The zero-order valence-corrected chi connectivity index (χ0v) is 14.0. The molecule has 1 saturated heterocycles. The van der Waals surface area contributed by atoms with Crippen LogP contribution < -0.4 is 10.2 Å². The Morgan fingerprint density at radius 1 is 1.17 bits per heavy atom. The van der Waals surface area contributed by atoms with E-state index in [0.29, 0.717) is 5.56 Å². The van der Waals surface area contributed by atoms with Crippen LogP contribution in [0.5, 0.6) is 0 Å². The number of hydrogen-bond donors (Lipinski definition) is 2. The lowest BCUT2D eigenvalue weighted by atomic mass is 10.1. The average Bonchev–Trinajstić information content (AvgIpc) is 2.62. The summed E-state index contributed by atoms with van der Waals surface area (Å²) in [5.74, 6) is -0.0936. The van der Waals surface area contributed by atoms with Gasteiger partial charge in [0.05, 0.1) is 6.10 Å². The lowest BCUT2D eigenvalue weighted by molar-refractivity contribution is 0.102. The monoisotopic (exact) mass is 324 g/mol. The fourth-order valence-corrected chi connectivity index (χ4v) is 3.02. The van der Waals surface area contributed by atoms with Crippen LogP contribution in [0.1, 0.15) is 35.7 Å². The lowest BCUT2D eigenvalue weighted by Crippen LogP contribution is -2.35. The zero-order chi connectivity index (χ0) is 16.9. The Balaban J connectivity index is 1.65. The number of benzene rings is 2. The van der Waals surface area contributed by atoms with Gasteiger partial charge in [-0.25, -0.2) is 0 Å². The third kappa shape index (κ3) is 3.95. The number of carbonyl (C=O) groups excluding carboxylic acids is 1. The molecule has 4 nitrogen and oxygen atoms in total. The Morgan fingerprint density at radius 3 is 2.54 bits per heavy atom. The summed E-state index contributed by atoms with van der Waals surface area (Å²) in [4.78, 5) is 14.6. The van der Waals surface area contributed by atoms with E-state index in [1.165, 1.54) is 5.56 Å². The van der Waals surface area contributed by atoms with Gasteiger partial charge in [0.1, 0.15) is 0 Å². The van der Waals surface area contributed by atoms with Crippen LogP contribution in [0.3, 0.4) is 0 Å². The summed E-state index contributed by atoms with van der Waals surface area (Å²) < 4.78 is 0. The summed E-state index contributed by atoms with van der Waals surface area (Å²) in [7, 11) is 0. The van der Waals surface area contributed by atoms with Gasteiger partial charge in [0.25, 0.3) is 5.91 Å². The topological polar surface area (TPSA) is 52.6 Å². The molecule has 4 heteroatoms. The molecule has 2 N–H and O–H groups in total. The summed E-state index contributed by atoms with van der Waals surface area (Å²) in [6.07, 6.45) is 2.37. The SMILES string of the molecule is CCc1cccc(NC(=O)c2ccc(N3CCC(O)CC3)cc2)c1. The van der Waals surface area contributed by atoms with Crippen molar-refractivity contribution in [2.24, 2.45) is 0 Å². The smallest absolute Gasteiger partial charge is 0.255 e. The highest BCUT2D eigenvalue weighted by atomic mass is 16.3. The van der Waals surface area contributed by atoms with Crippen LogP contribution >= 0.6 is 0 Å². The van der Waals surface area contributed by atoms with Gasteiger partial charge >= 0.3 is 0 Å². The predicted octanol–water partition coefficient (Wildman–Crippen LogP) is 3.46. The zero-order valence-electron chi connectivity index (χ0n) is 14.0. The maximum atomic E-state index is 12.4. The molecule has 0 saturated carbocycles. The number of aliphatic hydroxyl groups is 1. The molecule has 0 atom stereocenters. The maximum Gasteiger partial charge on any atom is 0.255 e. The molecule has 2 aromatic carbocycles. The molecule has 3 rings (SSSR count). The van der Waals surface area contributed by atoms with Crippen molar-refractivity contribution in [3.63, 3.8) is 0 Å². The molecule has 24 heavy (non-hydrogen) atoms. The van der Waals surface area contributed by atoms with Crippen LogP contribution in [0, 0.1) is 0 Å². The highest BCUT2D eigenvalue weighted by Gasteiger charge is 2.17. The number of hydrogen-bond acceptors (Lipinski definition) is 3. The quantitative estimate of drug-likeness (QED) is 0.905. The van der Waals surface area contributed by atoms with Crippen molar-refractivity contribution in [1.82, 2.24) is 0 Å². The van der Waals surface area contributed by atoms with E-state index in [1.54, 1.807) is 0 Å². The molecule has 0 aliphatic carbocycles. The van der Waals surface area contributed by atoms with Crippen LogP contribution in [-0.2, 0) is 6.42 Å². The molecule has 2 aromatic rings. The summed E-state index contributed by atoms with van der Waals surface area (Å²) in [5.41, 5.74) is 3.79. The fraction of sp³-hybridized carbons (Fsp3) is 0.350. The van der Waals surface area contributed by atoms with E-state index in [1.807, 2.05) is 42.5 Å². The second-order valence-electron chi connectivity index (χ2n) is 6.27. The first-order chi connectivity index (χ1) is 11.7. The number of anilines is 2. The van der Waals surface area contributed by atoms with E-state index in [9.17, 15) is 9.90 Å². The minimum absolute atomic E-state index is 0.0936. The highest BCUT2D eigenvalue weighted by molar-refractivity contribution is 6.04. The van der Waals surface area contributed by atoms with E-state index in [2.05, 4.69) is 23.2 Å².